The van der Waals surface area contributed by atoms with Crippen LogP contribution in [0, 0.1) is 5.82 Å². The Bertz CT molecular complexity index is 616. The summed E-state index contributed by atoms with van der Waals surface area (Å²) in [4.78, 5) is 9.71. The number of hydrogen-bond acceptors (Lipinski definition) is 7. The van der Waals surface area contributed by atoms with Gasteiger partial charge in [-0.25, -0.2) is 9.37 Å². The summed E-state index contributed by atoms with van der Waals surface area (Å²) in [6, 6.07) is -0.181. The molecule has 2 aromatic rings. The first-order valence-corrected chi connectivity index (χ1v) is 6.86. The van der Waals surface area contributed by atoms with Gasteiger partial charge in [0.15, 0.2) is 17.5 Å². The lowest BCUT2D eigenvalue weighted by molar-refractivity contribution is 0.186. The fourth-order valence-electron chi connectivity index (χ4n) is 1.96. The smallest absolute Gasteiger partial charge is 0.225 e. The number of rotatable bonds is 7. The third kappa shape index (κ3) is 3.67. The predicted octanol–water partition coefficient (Wildman–Crippen LogP) is 1.09. The fourth-order valence-corrected chi connectivity index (χ4v) is 1.96. The van der Waals surface area contributed by atoms with Crippen molar-refractivity contribution in [2.24, 2.45) is 0 Å². The van der Waals surface area contributed by atoms with Gasteiger partial charge < -0.3 is 19.5 Å². The molecule has 2 rings (SSSR count). The van der Waals surface area contributed by atoms with Crippen LogP contribution in [0.5, 0.6) is 0 Å². The Morgan fingerprint density at radius 2 is 2.23 bits per heavy atom. The summed E-state index contributed by atoms with van der Waals surface area (Å²) < 4.78 is 20.5. The monoisotopic (exact) mass is 309 g/mol. The number of nitrogens with one attached hydrogen (secondary N) is 1. The van der Waals surface area contributed by atoms with Gasteiger partial charge >= 0.3 is 0 Å². The predicted molar refractivity (Wildman–Crippen MR) is 80.3 cm³/mol. The molecule has 120 valence electrons. The highest BCUT2D eigenvalue weighted by Crippen LogP contribution is 2.18. The van der Waals surface area contributed by atoms with Gasteiger partial charge in [-0.3, -0.25) is 0 Å². The van der Waals surface area contributed by atoms with E-state index in [1.807, 2.05) is 11.5 Å². The summed E-state index contributed by atoms with van der Waals surface area (Å²) in [6.45, 7) is 3.13. The number of nitrogens with zero attached hydrogens (tertiary/aromatic N) is 6. The van der Waals surface area contributed by atoms with Crippen LogP contribution in [0.3, 0.4) is 0 Å². The molecule has 8 nitrogen and oxygen atoms in total. The van der Waals surface area contributed by atoms with E-state index in [9.17, 15) is 4.39 Å². The highest BCUT2D eigenvalue weighted by Gasteiger charge is 2.16. The molecule has 9 heteroatoms. The quantitative estimate of drug-likeness (QED) is 0.820. The van der Waals surface area contributed by atoms with Crippen LogP contribution in [0.15, 0.2) is 12.5 Å². The standard InChI is InChI=1S/C13H20FN7O/c1-9(11-19-16-8-21(11)5-6-22-4)17-13-15-7-10(14)12(18-13)20(2)3/h7-9H,5-6H2,1-4H3,(H,15,17,18). The molecule has 2 aromatic heterocycles. The summed E-state index contributed by atoms with van der Waals surface area (Å²) in [7, 11) is 5.08. The highest BCUT2D eigenvalue weighted by molar-refractivity contribution is 5.42. The Morgan fingerprint density at radius 1 is 1.45 bits per heavy atom. The van der Waals surface area contributed by atoms with Gasteiger partial charge in [-0.1, -0.05) is 0 Å². The maximum absolute atomic E-state index is 13.6. The van der Waals surface area contributed by atoms with E-state index >= 15 is 0 Å². The Morgan fingerprint density at radius 3 is 2.91 bits per heavy atom. The number of hydrogen-bond donors (Lipinski definition) is 1. The van der Waals surface area contributed by atoms with Gasteiger partial charge in [0.05, 0.1) is 18.8 Å². The van der Waals surface area contributed by atoms with Crippen LogP contribution < -0.4 is 10.2 Å². The van der Waals surface area contributed by atoms with Gasteiger partial charge in [0, 0.05) is 27.7 Å². The number of anilines is 2. The molecular weight excluding hydrogens is 289 g/mol. The molecule has 0 spiro atoms. The summed E-state index contributed by atoms with van der Waals surface area (Å²) in [6.07, 6.45) is 2.79. The molecule has 0 aliphatic heterocycles. The van der Waals surface area contributed by atoms with E-state index in [2.05, 4.69) is 25.5 Å². The average Bonchev–Trinajstić information content (AvgIpc) is 2.95. The molecule has 0 bridgehead atoms. The highest BCUT2D eigenvalue weighted by atomic mass is 19.1. The molecule has 0 fully saturated rings. The molecule has 22 heavy (non-hydrogen) atoms. The van der Waals surface area contributed by atoms with Crippen molar-refractivity contribution in [3.8, 4) is 0 Å². The van der Waals surface area contributed by atoms with E-state index in [4.69, 9.17) is 4.74 Å². The third-order valence-electron chi connectivity index (χ3n) is 3.06. The van der Waals surface area contributed by atoms with Crippen LogP contribution in [0.25, 0.3) is 0 Å². The van der Waals surface area contributed by atoms with Gasteiger partial charge in [-0.05, 0) is 6.92 Å². The van der Waals surface area contributed by atoms with Gasteiger partial charge in [0.1, 0.15) is 6.33 Å². The first-order valence-electron chi connectivity index (χ1n) is 6.86. The first-order chi connectivity index (χ1) is 10.5. The average molecular weight is 309 g/mol. The van der Waals surface area contributed by atoms with Crippen LogP contribution in [0.1, 0.15) is 18.8 Å². The maximum atomic E-state index is 13.6. The van der Waals surface area contributed by atoms with E-state index in [0.717, 1.165) is 12.0 Å². The van der Waals surface area contributed by atoms with Crippen LogP contribution in [0.2, 0.25) is 0 Å². The van der Waals surface area contributed by atoms with Gasteiger partial charge in [-0.15, -0.1) is 10.2 Å². The molecule has 0 radical (unpaired) electrons. The Balaban J connectivity index is 2.13. The lowest BCUT2D eigenvalue weighted by Gasteiger charge is -2.17. The topological polar surface area (TPSA) is 81.0 Å². The molecule has 0 aliphatic carbocycles. The zero-order valence-corrected chi connectivity index (χ0v) is 13.1. The van der Waals surface area contributed by atoms with Gasteiger partial charge in [-0.2, -0.15) is 4.98 Å². The molecule has 0 aliphatic rings. The minimum absolute atomic E-state index is 0.181. The maximum Gasteiger partial charge on any atom is 0.225 e. The summed E-state index contributed by atoms with van der Waals surface area (Å²) in [5.41, 5.74) is 0. The molecule has 0 aromatic carbocycles. The largest absolute Gasteiger partial charge is 0.383 e. The molecule has 2 heterocycles. The van der Waals surface area contributed by atoms with Crippen LogP contribution in [-0.2, 0) is 11.3 Å². The Kier molecular flexibility index (Phi) is 5.21. The van der Waals surface area contributed by atoms with Crippen molar-refractivity contribution in [2.45, 2.75) is 19.5 Å². The zero-order chi connectivity index (χ0) is 16.1. The molecular formula is C13H20FN7O. The SMILES string of the molecule is COCCn1cnnc1C(C)Nc1ncc(F)c(N(C)C)n1. The van der Waals surface area contributed by atoms with Crippen LogP contribution in [-0.4, -0.2) is 52.5 Å². The number of methoxy groups -OCH3 is 1. The van der Waals surface area contributed by atoms with Crippen molar-refractivity contribution in [3.63, 3.8) is 0 Å². The normalized spacial score (nSPS) is 12.2. The summed E-state index contributed by atoms with van der Waals surface area (Å²) in [5.74, 6) is 0.826. The Hall–Kier alpha value is -2.29. The van der Waals surface area contributed by atoms with Crippen molar-refractivity contribution < 1.29 is 9.13 Å². The van der Waals surface area contributed by atoms with Crippen molar-refractivity contribution in [2.75, 3.05) is 38.0 Å². The number of aromatic nitrogens is 5. The molecule has 0 amide bonds. The van der Waals surface area contributed by atoms with E-state index in [0.29, 0.717) is 19.1 Å². The van der Waals surface area contributed by atoms with Crippen LogP contribution in [0.4, 0.5) is 16.2 Å². The lowest BCUT2D eigenvalue weighted by Crippen LogP contribution is -2.18. The minimum Gasteiger partial charge on any atom is -0.383 e. The molecule has 1 N–H and O–H groups in total. The van der Waals surface area contributed by atoms with E-state index in [1.165, 1.54) is 0 Å². The Labute approximate surface area is 128 Å². The first kappa shape index (κ1) is 16.1. The zero-order valence-electron chi connectivity index (χ0n) is 13.1. The van der Waals surface area contributed by atoms with Crippen LogP contribution >= 0.6 is 0 Å². The second-order valence-corrected chi connectivity index (χ2v) is 5.00. The lowest BCUT2D eigenvalue weighted by atomic mass is 10.3. The third-order valence-corrected chi connectivity index (χ3v) is 3.06. The number of ether oxygens (including phenoxy) is 1. The van der Waals surface area contributed by atoms with E-state index < -0.39 is 5.82 Å². The second kappa shape index (κ2) is 7.12. The van der Waals surface area contributed by atoms with Crippen molar-refractivity contribution >= 4 is 11.8 Å². The van der Waals surface area contributed by atoms with Gasteiger partial charge in [0.2, 0.25) is 5.95 Å². The molecule has 0 saturated carbocycles. The summed E-state index contributed by atoms with van der Waals surface area (Å²) >= 11 is 0. The van der Waals surface area contributed by atoms with Crippen molar-refractivity contribution in [1.82, 2.24) is 24.7 Å². The van der Waals surface area contributed by atoms with Crippen molar-refractivity contribution in [3.05, 3.63) is 24.2 Å². The minimum atomic E-state index is -0.466. The fraction of sp³-hybridized carbons (Fsp3) is 0.538. The molecule has 0 saturated heterocycles. The van der Waals surface area contributed by atoms with E-state index in [1.54, 1.807) is 32.4 Å². The second-order valence-electron chi connectivity index (χ2n) is 5.00. The van der Waals surface area contributed by atoms with E-state index in [-0.39, 0.29) is 11.9 Å². The van der Waals surface area contributed by atoms with Crippen molar-refractivity contribution in [1.29, 1.82) is 0 Å². The molecule has 1 unspecified atom stereocenters. The van der Waals surface area contributed by atoms with Gasteiger partial charge in [0.25, 0.3) is 0 Å². The number of halogens is 1. The molecule has 1 atom stereocenters. The summed E-state index contributed by atoms with van der Waals surface area (Å²) in [5, 5.41) is 11.1.